The molecule has 1 saturated carbocycles. The highest BCUT2D eigenvalue weighted by Crippen LogP contribution is 2.47. The molecule has 0 bridgehead atoms. The van der Waals surface area contributed by atoms with E-state index >= 15 is 0 Å². The number of esters is 1. The molecule has 13 heavy (non-hydrogen) atoms. The van der Waals surface area contributed by atoms with Gasteiger partial charge in [0.2, 0.25) is 0 Å². The van der Waals surface area contributed by atoms with E-state index in [1.54, 1.807) is 0 Å². The van der Waals surface area contributed by atoms with Crippen molar-refractivity contribution in [2.75, 3.05) is 7.11 Å². The molecule has 1 aliphatic rings. The number of methoxy groups -OCH3 is 1. The van der Waals surface area contributed by atoms with Gasteiger partial charge in [0.05, 0.1) is 13.0 Å². The highest BCUT2D eigenvalue weighted by Gasteiger charge is 2.44. The zero-order chi connectivity index (χ0) is 9.26. The Bertz CT molecular complexity index is 305. The Morgan fingerprint density at radius 1 is 1.38 bits per heavy atom. The molecule has 1 aromatic carbocycles. The third-order valence-corrected chi connectivity index (χ3v) is 2.52. The van der Waals surface area contributed by atoms with Gasteiger partial charge in [-0.05, 0) is 17.9 Å². The third-order valence-electron chi connectivity index (χ3n) is 2.52. The van der Waals surface area contributed by atoms with Crippen molar-refractivity contribution in [3.8, 4) is 0 Å². The Kier molecular flexibility index (Phi) is 2.05. The summed E-state index contributed by atoms with van der Waals surface area (Å²) in [4.78, 5) is 11.1. The van der Waals surface area contributed by atoms with Crippen LogP contribution in [0.25, 0.3) is 0 Å². The summed E-state index contributed by atoms with van der Waals surface area (Å²) in [5.41, 5.74) is 1.25. The summed E-state index contributed by atoms with van der Waals surface area (Å²) in [7, 11) is 1.45. The van der Waals surface area contributed by atoms with Crippen LogP contribution in [0.1, 0.15) is 17.9 Å². The Morgan fingerprint density at radius 3 is 2.69 bits per heavy atom. The number of rotatable bonds is 2. The monoisotopic (exact) mass is 176 g/mol. The molecule has 2 atom stereocenters. The molecule has 0 spiro atoms. The maximum atomic E-state index is 11.1. The van der Waals surface area contributed by atoms with E-state index in [0.717, 1.165) is 6.42 Å². The molecular formula is C11H12O2. The van der Waals surface area contributed by atoms with E-state index in [-0.39, 0.29) is 11.9 Å². The highest BCUT2D eigenvalue weighted by atomic mass is 16.5. The second-order valence-corrected chi connectivity index (χ2v) is 3.38. The van der Waals surface area contributed by atoms with Crippen molar-refractivity contribution >= 4 is 5.97 Å². The van der Waals surface area contributed by atoms with Crippen molar-refractivity contribution in [1.29, 1.82) is 0 Å². The maximum absolute atomic E-state index is 11.1. The molecule has 0 saturated heterocycles. The number of carbonyl (C=O) groups is 1. The van der Waals surface area contributed by atoms with Gasteiger partial charge in [-0.1, -0.05) is 30.3 Å². The van der Waals surface area contributed by atoms with Crippen LogP contribution in [0.15, 0.2) is 30.3 Å². The van der Waals surface area contributed by atoms with Crippen LogP contribution in [0.4, 0.5) is 0 Å². The number of ether oxygens (including phenoxy) is 1. The van der Waals surface area contributed by atoms with E-state index in [2.05, 4.69) is 16.9 Å². The van der Waals surface area contributed by atoms with Gasteiger partial charge in [0.15, 0.2) is 0 Å². The molecule has 0 aliphatic heterocycles. The van der Waals surface area contributed by atoms with Crippen molar-refractivity contribution in [1.82, 2.24) is 0 Å². The summed E-state index contributed by atoms with van der Waals surface area (Å²) < 4.78 is 4.69. The summed E-state index contributed by atoms with van der Waals surface area (Å²) in [6.45, 7) is 0. The smallest absolute Gasteiger partial charge is 0.309 e. The fourth-order valence-electron chi connectivity index (χ4n) is 1.68. The van der Waals surface area contributed by atoms with Gasteiger partial charge >= 0.3 is 5.97 Å². The maximum Gasteiger partial charge on any atom is 0.309 e. The van der Waals surface area contributed by atoms with Crippen LogP contribution < -0.4 is 0 Å². The second-order valence-electron chi connectivity index (χ2n) is 3.38. The van der Waals surface area contributed by atoms with Gasteiger partial charge in [-0.25, -0.2) is 0 Å². The van der Waals surface area contributed by atoms with Crippen LogP contribution in [-0.2, 0) is 9.53 Å². The van der Waals surface area contributed by atoms with Gasteiger partial charge in [0, 0.05) is 0 Å². The summed E-state index contributed by atoms with van der Waals surface area (Å²) in [5, 5.41) is 0. The second kappa shape index (κ2) is 3.21. The summed E-state index contributed by atoms with van der Waals surface area (Å²) >= 11 is 0. The van der Waals surface area contributed by atoms with Gasteiger partial charge in [-0.2, -0.15) is 0 Å². The number of hydrogen-bond donors (Lipinski definition) is 0. The zero-order valence-corrected chi connectivity index (χ0v) is 7.57. The molecule has 0 radical (unpaired) electrons. The van der Waals surface area contributed by atoms with Crippen molar-refractivity contribution in [3.63, 3.8) is 0 Å². The van der Waals surface area contributed by atoms with Crippen molar-refractivity contribution in [3.05, 3.63) is 35.9 Å². The molecule has 0 aromatic heterocycles. The lowest BCUT2D eigenvalue weighted by molar-refractivity contribution is -0.142. The first-order valence-electron chi connectivity index (χ1n) is 4.45. The van der Waals surface area contributed by atoms with Crippen LogP contribution in [0.3, 0.4) is 0 Å². The SMILES string of the molecule is COC(=O)[C@H]1C[C@H]1c1ccccc1. The Balaban J connectivity index is 2.04. The minimum atomic E-state index is -0.0751. The average Bonchev–Trinajstić information content (AvgIpc) is 2.98. The Morgan fingerprint density at radius 2 is 2.08 bits per heavy atom. The topological polar surface area (TPSA) is 26.3 Å². The molecule has 0 unspecified atom stereocenters. The Hall–Kier alpha value is -1.31. The summed E-state index contributed by atoms with van der Waals surface area (Å²) in [6, 6.07) is 10.1. The van der Waals surface area contributed by atoms with Crippen LogP contribution in [0.2, 0.25) is 0 Å². The van der Waals surface area contributed by atoms with Crippen LogP contribution >= 0.6 is 0 Å². The van der Waals surface area contributed by atoms with Crippen LogP contribution in [0, 0.1) is 5.92 Å². The van der Waals surface area contributed by atoms with Gasteiger partial charge in [-0.3, -0.25) is 4.79 Å². The zero-order valence-electron chi connectivity index (χ0n) is 7.57. The lowest BCUT2D eigenvalue weighted by Gasteiger charge is -1.98. The molecule has 1 fully saturated rings. The lowest BCUT2D eigenvalue weighted by atomic mass is 10.1. The largest absolute Gasteiger partial charge is 0.469 e. The van der Waals surface area contributed by atoms with E-state index in [9.17, 15) is 4.79 Å². The molecule has 1 aliphatic carbocycles. The van der Waals surface area contributed by atoms with E-state index in [0.29, 0.717) is 5.92 Å². The molecule has 2 nitrogen and oxygen atoms in total. The molecule has 1 aromatic rings. The first kappa shape index (κ1) is 8.30. The third kappa shape index (κ3) is 1.57. The minimum absolute atomic E-state index is 0.0751. The van der Waals surface area contributed by atoms with E-state index in [1.807, 2.05) is 18.2 Å². The highest BCUT2D eigenvalue weighted by molar-refractivity contribution is 5.77. The fraction of sp³-hybridized carbons (Fsp3) is 0.364. The van der Waals surface area contributed by atoms with Gasteiger partial charge < -0.3 is 4.74 Å². The van der Waals surface area contributed by atoms with Gasteiger partial charge in [0.1, 0.15) is 0 Å². The molecule has 0 N–H and O–H groups in total. The minimum Gasteiger partial charge on any atom is -0.469 e. The van der Waals surface area contributed by atoms with E-state index < -0.39 is 0 Å². The first-order valence-corrected chi connectivity index (χ1v) is 4.45. The van der Waals surface area contributed by atoms with Crippen LogP contribution in [-0.4, -0.2) is 13.1 Å². The summed E-state index contributed by atoms with van der Waals surface area (Å²) in [5.74, 6) is 0.426. The number of benzene rings is 1. The molecule has 68 valence electrons. The van der Waals surface area contributed by atoms with Crippen molar-refractivity contribution in [2.24, 2.45) is 5.92 Å². The number of carbonyl (C=O) groups excluding carboxylic acids is 1. The first-order chi connectivity index (χ1) is 6.33. The standard InChI is InChI=1S/C11H12O2/c1-13-11(12)10-7-9(10)8-5-3-2-4-6-8/h2-6,9-10H,7H2,1H3/t9-,10-/m0/s1. The normalized spacial score (nSPS) is 25.3. The quantitative estimate of drug-likeness (QED) is 0.644. The van der Waals surface area contributed by atoms with Crippen molar-refractivity contribution in [2.45, 2.75) is 12.3 Å². The summed E-state index contributed by atoms with van der Waals surface area (Å²) in [6.07, 6.45) is 0.941. The van der Waals surface area contributed by atoms with Crippen LogP contribution in [0.5, 0.6) is 0 Å². The van der Waals surface area contributed by atoms with Gasteiger partial charge in [-0.15, -0.1) is 0 Å². The predicted molar refractivity (Wildman–Crippen MR) is 49.3 cm³/mol. The lowest BCUT2D eigenvalue weighted by Crippen LogP contribution is -2.03. The molecular weight excluding hydrogens is 164 g/mol. The molecule has 0 heterocycles. The molecule has 0 amide bonds. The van der Waals surface area contributed by atoms with E-state index in [1.165, 1.54) is 12.7 Å². The van der Waals surface area contributed by atoms with Crippen molar-refractivity contribution < 1.29 is 9.53 Å². The Labute approximate surface area is 77.5 Å². The average molecular weight is 176 g/mol. The molecule has 2 heteroatoms. The fourth-order valence-corrected chi connectivity index (χ4v) is 1.68. The predicted octanol–water partition coefficient (Wildman–Crippen LogP) is 1.96. The van der Waals surface area contributed by atoms with E-state index in [4.69, 9.17) is 0 Å². The molecule has 2 rings (SSSR count). The van der Waals surface area contributed by atoms with Gasteiger partial charge in [0.25, 0.3) is 0 Å². The number of hydrogen-bond acceptors (Lipinski definition) is 2.